The highest BCUT2D eigenvalue weighted by molar-refractivity contribution is 5.65. The molecule has 0 amide bonds. The number of hydrogen-bond acceptors (Lipinski definition) is 3. The summed E-state index contributed by atoms with van der Waals surface area (Å²) in [5, 5.41) is 10.3. The summed E-state index contributed by atoms with van der Waals surface area (Å²) >= 11 is 0. The molecule has 5 atom stereocenters. The summed E-state index contributed by atoms with van der Waals surface area (Å²) in [4.78, 5) is 10.9. The van der Waals surface area contributed by atoms with E-state index >= 15 is 0 Å². The van der Waals surface area contributed by atoms with Gasteiger partial charge in [-0.3, -0.25) is 4.79 Å². The number of hydrogen-bond donors (Lipinski definition) is 1. The van der Waals surface area contributed by atoms with Gasteiger partial charge in [0.1, 0.15) is 0 Å². The first-order valence-electron chi connectivity index (χ1n) is 7.64. The molecule has 3 nitrogen and oxygen atoms in total. The van der Waals surface area contributed by atoms with Crippen molar-refractivity contribution >= 4 is 5.97 Å². The Morgan fingerprint density at radius 3 is 2.63 bits per heavy atom. The number of aliphatic hydroxyl groups is 1. The summed E-state index contributed by atoms with van der Waals surface area (Å²) in [6.45, 7) is 10.8. The molecule has 1 aliphatic rings. The average molecular weight is 270 g/mol. The molecule has 112 valence electrons. The third-order valence-electron chi connectivity index (χ3n) is 5.41. The Kier molecular flexibility index (Phi) is 5.84. The molecule has 1 fully saturated rings. The topological polar surface area (TPSA) is 46.5 Å². The van der Waals surface area contributed by atoms with Crippen molar-refractivity contribution in [2.75, 3.05) is 6.61 Å². The van der Waals surface area contributed by atoms with E-state index in [1.165, 1.54) is 6.92 Å². The van der Waals surface area contributed by atoms with Gasteiger partial charge in [0.15, 0.2) is 0 Å². The molecule has 0 spiro atoms. The van der Waals surface area contributed by atoms with E-state index in [9.17, 15) is 9.90 Å². The van der Waals surface area contributed by atoms with Crippen molar-refractivity contribution < 1.29 is 14.6 Å². The SMILES string of the molecule is CCC1C(O)CCC[C@]1(C)C(C)[C@H](C)COC(C)=O. The van der Waals surface area contributed by atoms with Gasteiger partial charge >= 0.3 is 5.97 Å². The van der Waals surface area contributed by atoms with Crippen LogP contribution in [0.5, 0.6) is 0 Å². The molecule has 0 radical (unpaired) electrons. The normalized spacial score (nSPS) is 34.6. The zero-order chi connectivity index (χ0) is 14.6. The van der Waals surface area contributed by atoms with Crippen LogP contribution in [-0.4, -0.2) is 23.8 Å². The van der Waals surface area contributed by atoms with Gasteiger partial charge in [-0.2, -0.15) is 0 Å². The fraction of sp³-hybridized carbons (Fsp3) is 0.938. The predicted octanol–water partition coefficient (Wildman–Crippen LogP) is 3.40. The summed E-state index contributed by atoms with van der Waals surface area (Å²) in [7, 11) is 0. The van der Waals surface area contributed by atoms with Gasteiger partial charge in [-0.15, -0.1) is 0 Å². The van der Waals surface area contributed by atoms with E-state index in [4.69, 9.17) is 4.74 Å². The van der Waals surface area contributed by atoms with Gasteiger partial charge in [0.05, 0.1) is 12.7 Å². The van der Waals surface area contributed by atoms with E-state index in [0.29, 0.717) is 24.4 Å². The first-order chi connectivity index (χ1) is 8.82. The molecular formula is C16H30O3. The molecule has 0 aliphatic heterocycles. The summed E-state index contributed by atoms with van der Waals surface area (Å²) < 4.78 is 5.15. The summed E-state index contributed by atoms with van der Waals surface area (Å²) in [5.74, 6) is 0.913. The first-order valence-corrected chi connectivity index (χ1v) is 7.64. The van der Waals surface area contributed by atoms with Crippen LogP contribution in [-0.2, 0) is 9.53 Å². The van der Waals surface area contributed by atoms with Crippen LogP contribution in [0, 0.1) is 23.2 Å². The standard InChI is InChI=1S/C16H30O3/c1-6-14-15(18)8-7-9-16(14,5)12(3)11(2)10-19-13(4)17/h11-12,14-15,18H,6-10H2,1-5H3/t11-,12?,14?,15?,16-/m1/s1. The lowest BCUT2D eigenvalue weighted by atomic mass is 9.57. The number of carbonyl (C=O) groups is 1. The summed E-state index contributed by atoms with van der Waals surface area (Å²) in [6.07, 6.45) is 4.03. The maximum Gasteiger partial charge on any atom is 0.302 e. The zero-order valence-corrected chi connectivity index (χ0v) is 13.1. The van der Waals surface area contributed by atoms with Crippen molar-refractivity contribution in [3.63, 3.8) is 0 Å². The quantitative estimate of drug-likeness (QED) is 0.779. The van der Waals surface area contributed by atoms with Crippen LogP contribution in [0.15, 0.2) is 0 Å². The first kappa shape index (κ1) is 16.5. The maximum absolute atomic E-state index is 10.9. The maximum atomic E-state index is 10.9. The monoisotopic (exact) mass is 270 g/mol. The lowest BCUT2D eigenvalue weighted by Gasteiger charge is -2.49. The fourth-order valence-corrected chi connectivity index (χ4v) is 3.87. The van der Waals surface area contributed by atoms with E-state index in [2.05, 4.69) is 27.7 Å². The van der Waals surface area contributed by atoms with E-state index in [0.717, 1.165) is 25.7 Å². The molecule has 0 heterocycles. The van der Waals surface area contributed by atoms with E-state index < -0.39 is 0 Å². The average Bonchev–Trinajstić information content (AvgIpc) is 2.35. The Hall–Kier alpha value is -0.570. The van der Waals surface area contributed by atoms with Gasteiger partial charge in [0.25, 0.3) is 0 Å². The minimum atomic E-state index is -0.208. The molecular weight excluding hydrogens is 240 g/mol. The summed E-state index contributed by atoms with van der Waals surface area (Å²) in [6, 6.07) is 0. The zero-order valence-electron chi connectivity index (χ0n) is 13.1. The Bertz CT molecular complexity index is 302. The molecule has 0 aromatic carbocycles. The number of rotatable bonds is 5. The second kappa shape index (κ2) is 6.74. The molecule has 19 heavy (non-hydrogen) atoms. The molecule has 3 unspecified atom stereocenters. The molecule has 0 bridgehead atoms. The molecule has 1 rings (SSSR count). The second-order valence-electron chi connectivity index (χ2n) is 6.55. The van der Waals surface area contributed by atoms with Gasteiger partial charge < -0.3 is 9.84 Å². The number of carbonyl (C=O) groups excluding carboxylic acids is 1. The third kappa shape index (κ3) is 3.71. The Morgan fingerprint density at radius 1 is 1.47 bits per heavy atom. The molecule has 0 saturated heterocycles. The lowest BCUT2D eigenvalue weighted by molar-refractivity contribution is -0.144. The highest BCUT2D eigenvalue weighted by atomic mass is 16.5. The molecule has 3 heteroatoms. The lowest BCUT2D eigenvalue weighted by Crippen LogP contribution is -2.46. The Morgan fingerprint density at radius 2 is 2.11 bits per heavy atom. The Labute approximate surface area is 117 Å². The van der Waals surface area contributed by atoms with Gasteiger partial charge in [0.2, 0.25) is 0 Å². The highest BCUT2D eigenvalue weighted by Gasteiger charge is 2.45. The number of esters is 1. The van der Waals surface area contributed by atoms with Crippen LogP contribution in [0.4, 0.5) is 0 Å². The van der Waals surface area contributed by atoms with E-state index in [1.54, 1.807) is 0 Å². The molecule has 1 aliphatic carbocycles. The fourth-order valence-electron chi connectivity index (χ4n) is 3.87. The van der Waals surface area contributed by atoms with Crippen molar-refractivity contribution in [2.45, 2.75) is 66.4 Å². The summed E-state index contributed by atoms with van der Waals surface area (Å²) in [5.41, 5.74) is 0.145. The van der Waals surface area contributed by atoms with E-state index in [-0.39, 0.29) is 17.5 Å². The molecule has 0 aromatic heterocycles. The third-order valence-corrected chi connectivity index (χ3v) is 5.41. The molecule has 0 aromatic rings. The molecule has 1 N–H and O–H groups in total. The van der Waals surface area contributed by atoms with Crippen molar-refractivity contribution in [1.29, 1.82) is 0 Å². The van der Waals surface area contributed by atoms with Crippen LogP contribution in [0.2, 0.25) is 0 Å². The van der Waals surface area contributed by atoms with Crippen molar-refractivity contribution in [2.24, 2.45) is 23.2 Å². The van der Waals surface area contributed by atoms with Gasteiger partial charge in [0, 0.05) is 6.92 Å². The van der Waals surface area contributed by atoms with Gasteiger partial charge in [-0.25, -0.2) is 0 Å². The van der Waals surface area contributed by atoms with Gasteiger partial charge in [-0.05, 0) is 36.0 Å². The van der Waals surface area contributed by atoms with Crippen LogP contribution in [0.1, 0.15) is 60.3 Å². The van der Waals surface area contributed by atoms with Crippen LogP contribution in [0.25, 0.3) is 0 Å². The highest BCUT2D eigenvalue weighted by Crippen LogP contribution is 2.50. The number of ether oxygens (including phenoxy) is 1. The van der Waals surface area contributed by atoms with Crippen LogP contribution >= 0.6 is 0 Å². The number of aliphatic hydroxyl groups excluding tert-OH is 1. The largest absolute Gasteiger partial charge is 0.466 e. The minimum Gasteiger partial charge on any atom is -0.466 e. The molecule has 1 saturated carbocycles. The van der Waals surface area contributed by atoms with Crippen molar-refractivity contribution in [1.82, 2.24) is 0 Å². The predicted molar refractivity (Wildman–Crippen MR) is 76.7 cm³/mol. The van der Waals surface area contributed by atoms with E-state index in [1.807, 2.05) is 0 Å². The second-order valence-corrected chi connectivity index (χ2v) is 6.55. The van der Waals surface area contributed by atoms with Crippen molar-refractivity contribution in [3.05, 3.63) is 0 Å². The van der Waals surface area contributed by atoms with Gasteiger partial charge in [-0.1, -0.05) is 40.5 Å². The minimum absolute atomic E-state index is 0.145. The smallest absolute Gasteiger partial charge is 0.302 e. The Balaban J connectivity index is 2.75. The van der Waals surface area contributed by atoms with Crippen molar-refractivity contribution in [3.8, 4) is 0 Å². The van der Waals surface area contributed by atoms with Crippen LogP contribution in [0.3, 0.4) is 0 Å². The van der Waals surface area contributed by atoms with Crippen LogP contribution < -0.4 is 0 Å².